The third-order valence-corrected chi connectivity index (χ3v) is 16.2. The maximum atomic E-state index is 2.56. The van der Waals surface area contributed by atoms with Gasteiger partial charge in [-0.25, -0.2) is 0 Å². The third kappa shape index (κ3) is 5.45. The fraction of sp³-hybridized carbons (Fsp3) is 0.333. The quantitative estimate of drug-likeness (QED) is 0.219. The summed E-state index contributed by atoms with van der Waals surface area (Å²) in [5, 5.41) is 4.50. The van der Waals surface area contributed by atoms with Gasteiger partial charge in [-0.3, -0.25) is 0 Å². The maximum absolute atomic E-state index is 2.58. The molecule has 1 aliphatic carbocycles. The van der Waals surface area contributed by atoms with E-state index in [2.05, 4.69) is 143 Å². The van der Waals surface area contributed by atoms with Crippen LogP contribution < -0.4 is 52.8 Å². The molecular weight excluding hydrogens is 579 g/mol. The van der Waals surface area contributed by atoms with Crippen molar-refractivity contribution in [3.63, 3.8) is 0 Å². The Balaban J connectivity index is 0.00000241. The first-order chi connectivity index (χ1) is 16.6. The van der Waals surface area contributed by atoms with Crippen LogP contribution in [0.25, 0.3) is 0 Å². The summed E-state index contributed by atoms with van der Waals surface area (Å²) in [7, 11) is -2.58. The molecule has 3 aromatic carbocycles. The van der Waals surface area contributed by atoms with Gasteiger partial charge in [0.05, 0.1) is 0 Å². The first-order valence-corrected chi connectivity index (χ1v) is 15.8. The van der Waals surface area contributed by atoms with E-state index < -0.39 is 8.07 Å². The first-order valence-electron chi connectivity index (χ1n) is 13.0. The molecule has 0 spiro atoms. The molecule has 0 aliphatic heterocycles. The third-order valence-electron chi connectivity index (χ3n) is 8.77. The molecule has 200 valence electrons. The van der Waals surface area contributed by atoms with Gasteiger partial charge < -0.3 is 37.2 Å². The van der Waals surface area contributed by atoms with Gasteiger partial charge in [0, 0.05) is 0 Å². The van der Waals surface area contributed by atoms with Gasteiger partial charge in [0.15, 0.2) is 0 Å². The van der Waals surface area contributed by atoms with Crippen molar-refractivity contribution in [3.8, 4) is 0 Å². The van der Waals surface area contributed by atoms with Gasteiger partial charge in [-0.15, -0.1) is 0 Å². The molecule has 0 nitrogen and oxygen atoms in total. The predicted octanol–water partition coefficient (Wildman–Crippen LogP) is -2.16. The van der Waals surface area contributed by atoms with Crippen molar-refractivity contribution in [1.82, 2.24) is 0 Å². The summed E-state index contributed by atoms with van der Waals surface area (Å²) in [6, 6.07) is 26.6. The van der Waals surface area contributed by atoms with Crippen LogP contribution in [0.15, 0.2) is 87.3 Å². The number of hydrogen-bond acceptors (Lipinski definition) is 0. The van der Waals surface area contributed by atoms with Crippen LogP contribution in [0.5, 0.6) is 0 Å². The second-order valence-electron chi connectivity index (χ2n) is 10.6. The van der Waals surface area contributed by atoms with Crippen molar-refractivity contribution in [3.05, 3.63) is 110 Å². The SMILES string of the molecule is CCc1cc(CC)cc([Si](c2ccc(C)cc2)(c2ccc(C)cc2)C2(C)C(C)=C(C)C(C)=[C]2[Ti+3])c1.[Cl-].[Cl-].[Cl-]. The molecule has 4 rings (SSSR count). The number of aryl methyl sites for hydroxylation is 4. The van der Waals surface area contributed by atoms with Crippen molar-refractivity contribution in [2.45, 2.75) is 73.3 Å². The van der Waals surface area contributed by atoms with E-state index >= 15 is 0 Å². The van der Waals surface area contributed by atoms with Gasteiger partial charge in [-0.05, 0) is 0 Å². The van der Waals surface area contributed by atoms with Crippen molar-refractivity contribution in [2.75, 3.05) is 0 Å². The normalized spacial score (nSPS) is 17.1. The summed E-state index contributed by atoms with van der Waals surface area (Å²) < 4.78 is 1.54. The van der Waals surface area contributed by atoms with E-state index in [4.69, 9.17) is 0 Å². The maximum Gasteiger partial charge on any atom is -1.00 e. The van der Waals surface area contributed by atoms with E-state index in [-0.39, 0.29) is 42.3 Å². The van der Waals surface area contributed by atoms with Gasteiger partial charge in [-0.2, -0.15) is 0 Å². The fourth-order valence-corrected chi connectivity index (χ4v) is 13.9. The van der Waals surface area contributed by atoms with Gasteiger partial charge >= 0.3 is 227 Å². The Hall–Kier alpha value is -1.06. The van der Waals surface area contributed by atoms with Gasteiger partial charge in [-0.1, -0.05) is 0 Å². The van der Waals surface area contributed by atoms with Gasteiger partial charge in [0.1, 0.15) is 0 Å². The van der Waals surface area contributed by atoms with Crippen molar-refractivity contribution >= 4 is 23.6 Å². The van der Waals surface area contributed by atoms with Crippen LogP contribution in [-0.4, -0.2) is 8.07 Å². The average molecular weight is 618 g/mol. The minimum atomic E-state index is -2.58. The number of allylic oxidation sites excluding steroid dienone is 4. The predicted molar refractivity (Wildman–Crippen MR) is 152 cm³/mol. The number of rotatable bonds is 6. The minimum Gasteiger partial charge on any atom is -1.00 e. The minimum absolute atomic E-state index is 0. The zero-order chi connectivity index (χ0) is 25.5. The monoisotopic (exact) mass is 616 g/mol. The Kier molecular flexibility index (Phi) is 12.5. The molecule has 1 aliphatic rings. The molecule has 3 aromatic rings. The molecule has 0 radical (unpaired) electrons. The van der Waals surface area contributed by atoms with Crippen LogP contribution in [0.2, 0.25) is 5.04 Å². The van der Waals surface area contributed by atoms with E-state index in [1.807, 2.05) is 0 Å². The molecule has 1 atom stereocenters. The molecule has 0 bridgehead atoms. The molecule has 0 saturated heterocycles. The second-order valence-corrected chi connectivity index (χ2v) is 15.6. The molecule has 0 amide bonds. The molecule has 0 N–H and O–H groups in total. The Morgan fingerprint density at radius 3 is 1.32 bits per heavy atom. The van der Waals surface area contributed by atoms with Crippen LogP contribution in [0.1, 0.15) is 63.8 Å². The summed E-state index contributed by atoms with van der Waals surface area (Å²) in [6.45, 7) is 18.6. The van der Waals surface area contributed by atoms with Crippen molar-refractivity contribution < 1.29 is 57.7 Å². The Morgan fingerprint density at radius 2 is 1.00 bits per heavy atom. The molecule has 38 heavy (non-hydrogen) atoms. The zero-order valence-electron chi connectivity index (χ0n) is 23.9. The first kappa shape index (κ1) is 35.0. The number of benzene rings is 3. The molecule has 0 heterocycles. The second kappa shape index (κ2) is 13.5. The fourth-order valence-electron chi connectivity index (χ4n) is 6.24. The van der Waals surface area contributed by atoms with Crippen LogP contribution >= 0.6 is 0 Å². The Bertz CT molecular complexity index is 1230. The smallest absolute Gasteiger partial charge is 1.00 e. The molecule has 0 aromatic heterocycles. The summed E-state index contributed by atoms with van der Waals surface area (Å²) in [4.78, 5) is 0. The summed E-state index contributed by atoms with van der Waals surface area (Å²) in [6.07, 6.45) is 2.12. The largest absolute Gasteiger partial charge is 1.00 e. The topological polar surface area (TPSA) is 0 Å². The van der Waals surface area contributed by atoms with Crippen LogP contribution in [-0.2, 0) is 33.3 Å². The molecule has 0 saturated carbocycles. The molecule has 1 unspecified atom stereocenters. The summed E-state index contributed by atoms with van der Waals surface area (Å²) >= 11 is 2.41. The molecular formula is C33H39Cl3SiTi. The Labute approximate surface area is 262 Å². The van der Waals surface area contributed by atoms with E-state index in [0.717, 1.165) is 12.8 Å². The van der Waals surface area contributed by atoms with E-state index in [1.54, 1.807) is 14.6 Å². The molecule has 5 heteroatoms. The van der Waals surface area contributed by atoms with Gasteiger partial charge in [0.2, 0.25) is 0 Å². The van der Waals surface area contributed by atoms with E-state index in [0.29, 0.717) is 0 Å². The molecule has 0 fully saturated rings. The van der Waals surface area contributed by atoms with E-state index in [9.17, 15) is 0 Å². The van der Waals surface area contributed by atoms with Crippen molar-refractivity contribution in [2.24, 2.45) is 0 Å². The van der Waals surface area contributed by atoms with Gasteiger partial charge in [0.25, 0.3) is 0 Å². The van der Waals surface area contributed by atoms with E-state index in [1.165, 1.54) is 43.8 Å². The standard InChI is InChI=1S/C33H39Si.3ClH.Ti/c1-9-28-19-29(10-2)21-32(20-28)34(30-15-11-23(3)12-16-30,31-17-13-24(4)14-18-31)33(8)22-25(5)26(6)27(33)7;;;;/h11-21H,9-10H2,1-8H3;3*1H;/q;;;;+3/p-3. The van der Waals surface area contributed by atoms with Crippen LogP contribution in [0, 0.1) is 13.8 Å². The van der Waals surface area contributed by atoms with Crippen LogP contribution in [0.4, 0.5) is 0 Å². The average Bonchev–Trinajstić information content (AvgIpc) is 3.02. The summed E-state index contributed by atoms with van der Waals surface area (Å²) in [5.74, 6) is 0. The van der Waals surface area contributed by atoms with Crippen LogP contribution in [0.3, 0.4) is 0 Å². The Morgan fingerprint density at radius 1 is 0.605 bits per heavy atom. The zero-order valence-corrected chi connectivity index (χ0v) is 28.7. The summed E-state index contributed by atoms with van der Waals surface area (Å²) in [5.41, 5.74) is 10.0. The number of halogens is 3. The number of hydrogen-bond donors (Lipinski definition) is 0. The van der Waals surface area contributed by atoms with Crippen molar-refractivity contribution in [1.29, 1.82) is 0 Å².